The quantitative estimate of drug-likeness (QED) is 0.542. The van der Waals surface area contributed by atoms with E-state index in [2.05, 4.69) is 25.4 Å². The van der Waals surface area contributed by atoms with Crippen molar-refractivity contribution >= 4 is 5.91 Å². The van der Waals surface area contributed by atoms with Gasteiger partial charge in [0.2, 0.25) is 0 Å². The predicted molar refractivity (Wildman–Crippen MR) is 102 cm³/mol. The molecule has 0 aliphatic carbocycles. The highest BCUT2D eigenvalue weighted by Crippen LogP contribution is 2.23. The van der Waals surface area contributed by atoms with E-state index in [-0.39, 0.29) is 18.1 Å². The van der Waals surface area contributed by atoms with Gasteiger partial charge in [-0.3, -0.25) is 9.36 Å². The van der Waals surface area contributed by atoms with E-state index in [1.807, 2.05) is 6.92 Å². The van der Waals surface area contributed by atoms with Gasteiger partial charge in [0.05, 0.1) is 5.56 Å². The molecule has 1 amide bonds. The van der Waals surface area contributed by atoms with Crippen LogP contribution in [0.3, 0.4) is 0 Å². The molecule has 0 atom stereocenters. The molecule has 9 heteroatoms. The minimum Gasteiger partial charge on any atom is -0.346 e. The third-order valence-corrected chi connectivity index (χ3v) is 4.26. The van der Waals surface area contributed by atoms with Crippen LogP contribution >= 0.6 is 0 Å². The SMILES string of the molecule is CCc1noc(-c2cccnc2-n2cnc(C(=O)NCc3ccccc3F)c2)n1. The molecule has 0 aliphatic heterocycles. The Kier molecular flexibility index (Phi) is 5.10. The molecule has 0 radical (unpaired) electrons. The van der Waals surface area contributed by atoms with E-state index in [1.54, 1.807) is 47.3 Å². The van der Waals surface area contributed by atoms with Gasteiger partial charge in [0, 0.05) is 30.9 Å². The molecule has 0 bridgehead atoms. The fraction of sp³-hybridized carbons (Fsp3) is 0.150. The molecular weight excluding hydrogens is 375 g/mol. The van der Waals surface area contributed by atoms with E-state index < -0.39 is 5.91 Å². The lowest BCUT2D eigenvalue weighted by molar-refractivity contribution is 0.0946. The fourth-order valence-electron chi connectivity index (χ4n) is 2.74. The van der Waals surface area contributed by atoms with Crippen molar-refractivity contribution in [2.45, 2.75) is 19.9 Å². The van der Waals surface area contributed by atoms with Crippen molar-refractivity contribution in [3.8, 4) is 17.3 Å². The zero-order chi connectivity index (χ0) is 20.2. The second-order valence-corrected chi connectivity index (χ2v) is 6.18. The molecule has 1 aromatic carbocycles. The first-order chi connectivity index (χ1) is 14.2. The average Bonchev–Trinajstić information content (AvgIpc) is 3.43. The average molecular weight is 392 g/mol. The van der Waals surface area contributed by atoms with Crippen molar-refractivity contribution in [3.63, 3.8) is 0 Å². The van der Waals surface area contributed by atoms with Gasteiger partial charge in [0.1, 0.15) is 17.8 Å². The monoisotopic (exact) mass is 392 g/mol. The molecule has 146 valence electrons. The number of nitrogens with one attached hydrogen (secondary N) is 1. The summed E-state index contributed by atoms with van der Waals surface area (Å²) in [5.74, 6) is 0.635. The van der Waals surface area contributed by atoms with Gasteiger partial charge >= 0.3 is 0 Å². The number of halogens is 1. The van der Waals surface area contributed by atoms with Crippen LogP contribution < -0.4 is 5.32 Å². The highest BCUT2D eigenvalue weighted by atomic mass is 19.1. The molecule has 0 spiro atoms. The number of hydrogen-bond acceptors (Lipinski definition) is 6. The van der Waals surface area contributed by atoms with E-state index in [4.69, 9.17) is 4.52 Å². The predicted octanol–water partition coefficient (Wildman–Crippen LogP) is 2.95. The molecule has 3 aromatic heterocycles. The summed E-state index contributed by atoms with van der Waals surface area (Å²) in [6, 6.07) is 9.83. The number of benzene rings is 1. The van der Waals surface area contributed by atoms with E-state index in [0.717, 1.165) is 0 Å². The Morgan fingerprint density at radius 2 is 2.07 bits per heavy atom. The van der Waals surface area contributed by atoms with Crippen molar-refractivity contribution in [3.05, 3.63) is 78.0 Å². The summed E-state index contributed by atoms with van der Waals surface area (Å²) in [5.41, 5.74) is 1.20. The van der Waals surface area contributed by atoms with Crippen LogP contribution in [0.15, 0.2) is 59.6 Å². The van der Waals surface area contributed by atoms with Crippen molar-refractivity contribution < 1.29 is 13.7 Å². The van der Waals surface area contributed by atoms with Crippen LogP contribution in [0.4, 0.5) is 4.39 Å². The van der Waals surface area contributed by atoms with Gasteiger partial charge in [0.25, 0.3) is 11.8 Å². The largest absolute Gasteiger partial charge is 0.346 e. The van der Waals surface area contributed by atoms with Crippen molar-refractivity contribution in [1.82, 2.24) is 30.0 Å². The summed E-state index contributed by atoms with van der Waals surface area (Å²) in [5, 5.41) is 6.57. The molecule has 4 rings (SSSR count). The molecule has 0 unspecified atom stereocenters. The minimum atomic E-state index is -0.421. The van der Waals surface area contributed by atoms with E-state index in [1.165, 1.54) is 12.4 Å². The zero-order valence-corrected chi connectivity index (χ0v) is 15.5. The van der Waals surface area contributed by atoms with Gasteiger partial charge in [-0.15, -0.1) is 0 Å². The maximum absolute atomic E-state index is 13.7. The maximum Gasteiger partial charge on any atom is 0.271 e. The topological polar surface area (TPSA) is 98.7 Å². The molecule has 0 saturated heterocycles. The minimum absolute atomic E-state index is 0.0645. The maximum atomic E-state index is 13.7. The van der Waals surface area contributed by atoms with Crippen molar-refractivity contribution in [2.24, 2.45) is 0 Å². The first-order valence-corrected chi connectivity index (χ1v) is 8.99. The van der Waals surface area contributed by atoms with Crippen molar-refractivity contribution in [2.75, 3.05) is 0 Å². The fourth-order valence-corrected chi connectivity index (χ4v) is 2.74. The Bertz CT molecular complexity index is 1150. The standard InChI is InChI=1S/C20H17FN6O2/c1-2-17-25-20(29-26-17)14-7-5-9-22-18(14)27-11-16(24-12-27)19(28)23-10-13-6-3-4-8-15(13)21/h3-9,11-12H,2,10H2,1H3,(H,23,28). The Hall–Kier alpha value is -3.88. The van der Waals surface area contributed by atoms with Crippen LogP contribution in [-0.4, -0.2) is 30.6 Å². The summed E-state index contributed by atoms with van der Waals surface area (Å²) in [6.07, 6.45) is 5.28. The summed E-state index contributed by atoms with van der Waals surface area (Å²) in [7, 11) is 0. The molecular formula is C20H17FN6O2. The second-order valence-electron chi connectivity index (χ2n) is 6.18. The van der Waals surface area contributed by atoms with Gasteiger partial charge in [-0.1, -0.05) is 30.3 Å². The van der Waals surface area contributed by atoms with Crippen LogP contribution in [0, 0.1) is 5.82 Å². The smallest absolute Gasteiger partial charge is 0.271 e. The van der Waals surface area contributed by atoms with E-state index >= 15 is 0 Å². The van der Waals surface area contributed by atoms with Gasteiger partial charge in [-0.05, 0) is 18.2 Å². The van der Waals surface area contributed by atoms with Gasteiger partial charge in [0.15, 0.2) is 11.6 Å². The molecule has 3 heterocycles. The number of rotatable bonds is 6. The Morgan fingerprint density at radius 1 is 1.21 bits per heavy atom. The van der Waals surface area contributed by atoms with Gasteiger partial charge < -0.3 is 9.84 Å². The number of pyridine rings is 1. The molecule has 1 N–H and O–H groups in total. The lowest BCUT2D eigenvalue weighted by Crippen LogP contribution is -2.23. The van der Waals surface area contributed by atoms with Crippen LogP contribution in [-0.2, 0) is 13.0 Å². The zero-order valence-electron chi connectivity index (χ0n) is 15.5. The lowest BCUT2D eigenvalue weighted by atomic mass is 10.2. The third kappa shape index (κ3) is 3.88. The number of hydrogen-bond donors (Lipinski definition) is 1. The van der Waals surface area contributed by atoms with Crippen LogP contribution in [0.5, 0.6) is 0 Å². The first-order valence-electron chi connectivity index (χ1n) is 8.99. The third-order valence-electron chi connectivity index (χ3n) is 4.26. The van der Waals surface area contributed by atoms with Gasteiger partial charge in [-0.2, -0.15) is 4.98 Å². The molecule has 8 nitrogen and oxygen atoms in total. The highest BCUT2D eigenvalue weighted by Gasteiger charge is 2.17. The van der Waals surface area contributed by atoms with Crippen molar-refractivity contribution in [1.29, 1.82) is 0 Å². The van der Waals surface area contributed by atoms with Gasteiger partial charge in [-0.25, -0.2) is 14.4 Å². The number of carbonyl (C=O) groups excluding carboxylic acids is 1. The molecule has 4 aromatic rings. The first kappa shape index (κ1) is 18.5. The normalized spacial score (nSPS) is 10.8. The molecule has 0 saturated carbocycles. The van der Waals surface area contributed by atoms with E-state index in [9.17, 15) is 9.18 Å². The highest BCUT2D eigenvalue weighted by molar-refractivity contribution is 5.92. The summed E-state index contributed by atoms with van der Waals surface area (Å²) < 4.78 is 20.6. The Balaban J connectivity index is 1.55. The summed E-state index contributed by atoms with van der Waals surface area (Å²) >= 11 is 0. The molecule has 29 heavy (non-hydrogen) atoms. The number of imidazole rings is 1. The second kappa shape index (κ2) is 8.01. The molecule has 0 aliphatic rings. The Labute approximate surface area is 165 Å². The van der Waals surface area contributed by atoms with Crippen LogP contribution in [0.1, 0.15) is 28.8 Å². The number of amides is 1. The van der Waals surface area contributed by atoms with E-state index in [0.29, 0.717) is 35.1 Å². The van der Waals surface area contributed by atoms with Crippen LogP contribution in [0.25, 0.3) is 17.3 Å². The summed E-state index contributed by atoms with van der Waals surface area (Å²) in [6.45, 7) is 2.00. The number of nitrogens with zero attached hydrogens (tertiary/aromatic N) is 5. The number of carbonyl (C=O) groups is 1. The number of aromatic nitrogens is 5. The molecule has 0 fully saturated rings. The lowest BCUT2D eigenvalue weighted by Gasteiger charge is -2.05. The number of aryl methyl sites for hydroxylation is 1. The van der Waals surface area contributed by atoms with Crippen LogP contribution in [0.2, 0.25) is 0 Å². The Morgan fingerprint density at radius 3 is 2.86 bits per heavy atom. The summed E-state index contributed by atoms with van der Waals surface area (Å²) in [4.78, 5) is 25.2.